The molecule has 0 aliphatic heterocycles. The first kappa shape index (κ1) is 5.75. The quantitative estimate of drug-likeness (QED) is 0.526. The molecule has 1 aromatic rings. The van der Waals surface area contributed by atoms with Crippen LogP contribution < -0.4 is 0 Å². The fourth-order valence-corrected chi connectivity index (χ4v) is 0.566. The van der Waals surface area contributed by atoms with Crippen molar-refractivity contribution in [1.29, 1.82) is 0 Å². The molecule has 0 spiro atoms. The molecule has 1 aromatic carbocycles. The Hall–Kier alpha value is -0.380. The van der Waals surface area contributed by atoms with Gasteiger partial charge in [0.1, 0.15) is 0 Å². The summed E-state index contributed by atoms with van der Waals surface area (Å²) in [7, 11) is 0. The van der Waals surface area contributed by atoms with Gasteiger partial charge in [0.2, 0.25) is 0 Å². The standard InChI is InChI=1S/C6H2Cl2/c7-5-3-1-2-4-6(5)8/h3-4H. The summed E-state index contributed by atoms with van der Waals surface area (Å²) in [6, 6.07) is 8.47. The normalized spacial score (nSPS) is 8.25. The number of hydrogen-bond acceptors (Lipinski definition) is 0. The zero-order chi connectivity index (χ0) is 5.98. The average Bonchev–Trinajstić information content (AvgIpc) is 1.77. The van der Waals surface area contributed by atoms with Crippen LogP contribution in [0.1, 0.15) is 0 Å². The Bertz CT molecular complexity index is 163. The van der Waals surface area contributed by atoms with Gasteiger partial charge < -0.3 is 0 Å². The van der Waals surface area contributed by atoms with E-state index in [9.17, 15) is 0 Å². The van der Waals surface area contributed by atoms with E-state index >= 15 is 0 Å². The Morgan fingerprint density at radius 2 is 1.38 bits per heavy atom. The maximum absolute atomic E-state index is 5.53. The van der Waals surface area contributed by atoms with E-state index in [-0.39, 0.29) is 0 Å². The topological polar surface area (TPSA) is 0 Å². The van der Waals surface area contributed by atoms with E-state index < -0.39 is 0 Å². The molecule has 8 heavy (non-hydrogen) atoms. The van der Waals surface area contributed by atoms with Crippen LogP contribution in [-0.2, 0) is 0 Å². The Morgan fingerprint density at radius 3 is 1.62 bits per heavy atom. The molecular weight excluding hydrogens is 143 g/mol. The monoisotopic (exact) mass is 144 g/mol. The van der Waals surface area contributed by atoms with Crippen molar-refractivity contribution < 1.29 is 0 Å². The predicted octanol–water partition coefficient (Wildman–Crippen LogP) is 2.59. The van der Waals surface area contributed by atoms with E-state index in [0.29, 0.717) is 10.0 Å². The van der Waals surface area contributed by atoms with Gasteiger partial charge >= 0.3 is 0 Å². The summed E-state index contributed by atoms with van der Waals surface area (Å²) in [4.78, 5) is 0. The van der Waals surface area contributed by atoms with Crippen molar-refractivity contribution >= 4 is 23.2 Å². The molecule has 0 radical (unpaired) electrons. The number of hydrogen-bond donors (Lipinski definition) is 0. The molecule has 0 bridgehead atoms. The van der Waals surface area contributed by atoms with Gasteiger partial charge in [0.15, 0.2) is 0 Å². The molecule has 0 aliphatic carbocycles. The Labute approximate surface area is 58.0 Å². The average molecular weight is 145 g/mol. The van der Waals surface area contributed by atoms with Crippen molar-refractivity contribution in [3.05, 3.63) is 34.3 Å². The molecule has 0 N–H and O–H groups in total. The maximum Gasteiger partial charge on any atom is 0.0682 e. The van der Waals surface area contributed by atoms with Gasteiger partial charge in [-0.2, -0.15) is 0 Å². The van der Waals surface area contributed by atoms with Crippen LogP contribution in [0.25, 0.3) is 0 Å². The zero-order valence-corrected chi connectivity index (χ0v) is 5.42. The highest BCUT2D eigenvalue weighted by molar-refractivity contribution is 6.41. The van der Waals surface area contributed by atoms with E-state index in [2.05, 4.69) is 12.1 Å². The first-order chi connectivity index (χ1) is 3.80. The van der Waals surface area contributed by atoms with Crippen molar-refractivity contribution in [2.75, 3.05) is 0 Å². The second-order valence-electron chi connectivity index (χ2n) is 1.27. The van der Waals surface area contributed by atoms with Crippen molar-refractivity contribution in [3.63, 3.8) is 0 Å². The van der Waals surface area contributed by atoms with Crippen LogP contribution in [0.5, 0.6) is 0 Å². The van der Waals surface area contributed by atoms with Crippen LogP contribution in [0.15, 0.2) is 12.1 Å². The summed E-state index contributed by atoms with van der Waals surface area (Å²) < 4.78 is 0. The minimum atomic E-state index is 0.519. The van der Waals surface area contributed by atoms with Crippen molar-refractivity contribution in [2.45, 2.75) is 0 Å². The van der Waals surface area contributed by atoms with Crippen LogP contribution >= 0.6 is 23.2 Å². The van der Waals surface area contributed by atoms with E-state index in [0.717, 1.165) is 0 Å². The molecule has 1 rings (SSSR count). The summed E-state index contributed by atoms with van der Waals surface area (Å²) in [5.41, 5.74) is 0. The lowest BCUT2D eigenvalue weighted by atomic mass is 10.4. The Morgan fingerprint density at radius 1 is 1.00 bits per heavy atom. The van der Waals surface area contributed by atoms with E-state index in [1.165, 1.54) is 0 Å². The van der Waals surface area contributed by atoms with Gasteiger partial charge in [0.25, 0.3) is 0 Å². The first-order valence-corrected chi connectivity index (χ1v) is 2.79. The van der Waals surface area contributed by atoms with Crippen LogP contribution in [0.4, 0.5) is 0 Å². The second kappa shape index (κ2) is 2.26. The van der Waals surface area contributed by atoms with E-state index in [1.54, 1.807) is 12.1 Å². The largest absolute Gasteiger partial charge is 0.0820 e. The molecule has 40 valence electrons. The third-order valence-electron chi connectivity index (χ3n) is 0.709. The molecule has 0 heterocycles. The summed E-state index contributed by atoms with van der Waals surface area (Å²) in [5.74, 6) is 0. The van der Waals surface area contributed by atoms with Crippen LogP contribution in [0.2, 0.25) is 10.0 Å². The SMILES string of the molecule is Clc1cc#ccc1Cl. The smallest absolute Gasteiger partial charge is 0.0682 e. The molecular formula is C6H2Cl2. The molecule has 0 aromatic heterocycles. The summed E-state index contributed by atoms with van der Waals surface area (Å²) in [6.07, 6.45) is 0. The predicted molar refractivity (Wildman–Crippen MR) is 34.1 cm³/mol. The highest BCUT2D eigenvalue weighted by atomic mass is 35.5. The maximum atomic E-state index is 5.53. The molecule has 0 fully saturated rings. The third-order valence-corrected chi connectivity index (χ3v) is 1.43. The van der Waals surface area contributed by atoms with Crippen molar-refractivity contribution in [1.82, 2.24) is 0 Å². The van der Waals surface area contributed by atoms with Crippen molar-refractivity contribution in [2.24, 2.45) is 0 Å². The van der Waals surface area contributed by atoms with Crippen LogP contribution in [0.3, 0.4) is 0 Å². The molecule has 0 unspecified atom stereocenters. The molecule has 0 saturated carbocycles. The van der Waals surface area contributed by atoms with Gasteiger partial charge in [-0.25, -0.2) is 0 Å². The van der Waals surface area contributed by atoms with Gasteiger partial charge in [-0.15, -0.1) is 0 Å². The van der Waals surface area contributed by atoms with Gasteiger partial charge in [-0.05, 0) is 0 Å². The van der Waals surface area contributed by atoms with Gasteiger partial charge in [0.05, 0.1) is 10.0 Å². The van der Waals surface area contributed by atoms with Crippen LogP contribution in [-0.4, -0.2) is 0 Å². The van der Waals surface area contributed by atoms with Gasteiger partial charge in [-0.3, -0.25) is 0 Å². The Kier molecular flexibility index (Phi) is 1.62. The van der Waals surface area contributed by atoms with Gasteiger partial charge in [-0.1, -0.05) is 35.3 Å². The zero-order valence-electron chi connectivity index (χ0n) is 3.91. The van der Waals surface area contributed by atoms with E-state index in [4.69, 9.17) is 23.2 Å². The summed E-state index contributed by atoms with van der Waals surface area (Å²) in [6.45, 7) is 0. The summed E-state index contributed by atoms with van der Waals surface area (Å²) >= 11 is 11.1. The molecule has 0 nitrogen and oxygen atoms in total. The molecule has 0 saturated heterocycles. The molecule has 0 amide bonds. The lowest BCUT2D eigenvalue weighted by molar-refractivity contribution is 1.75. The molecule has 0 atom stereocenters. The lowest BCUT2D eigenvalue weighted by Crippen LogP contribution is -1.59. The fraction of sp³-hybridized carbons (Fsp3) is 0. The first-order valence-electron chi connectivity index (χ1n) is 2.03. The minimum absolute atomic E-state index is 0.519. The minimum Gasteiger partial charge on any atom is -0.0820 e. The number of halogens is 2. The molecule has 2 heteroatoms. The van der Waals surface area contributed by atoms with Crippen molar-refractivity contribution in [3.8, 4) is 0 Å². The number of rotatable bonds is 0. The second-order valence-corrected chi connectivity index (χ2v) is 2.09. The fourth-order valence-electron chi connectivity index (χ4n) is 0.348. The highest BCUT2D eigenvalue weighted by Crippen LogP contribution is 2.17. The molecule has 0 aliphatic rings. The van der Waals surface area contributed by atoms with Crippen LogP contribution in [0, 0.1) is 12.1 Å². The highest BCUT2D eigenvalue weighted by Gasteiger charge is 1.88. The lowest BCUT2D eigenvalue weighted by Gasteiger charge is -1.84. The third kappa shape index (κ3) is 1.06. The summed E-state index contributed by atoms with van der Waals surface area (Å²) in [5, 5.41) is 1.04. The Balaban J connectivity index is 3.13. The van der Waals surface area contributed by atoms with Gasteiger partial charge in [0, 0.05) is 12.1 Å². The van der Waals surface area contributed by atoms with E-state index in [1.807, 2.05) is 0 Å².